The number of hydrogen-bond acceptors (Lipinski definition) is 4. The molecule has 1 atom stereocenters. The second-order valence-electron chi connectivity index (χ2n) is 3.97. The highest BCUT2D eigenvalue weighted by molar-refractivity contribution is 5.29. The summed E-state index contributed by atoms with van der Waals surface area (Å²) < 4.78 is 5.32. The number of likely N-dealkylation sites (tertiary alicyclic amines) is 1. The average molecular weight is 207 g/mol. The molecule has 82 valence electrons. The first-order valence-corrected chi connectivity index (χ1v) is 5.23. The molecule has 0 spiro atoms. The number of nitrogens with two attached hydrogens (primary N) is 1. The van der Waals surface area contributed by atoms with Crippen LogP contribution in [0, 0.1) is 0 Å². The van der Waals surface area contributed by atoms with Crippen LogP contribution in [0.4, 0.5) is 5.82 Å². The van der Waals surface area contributed by atoms with Crippen LogP contribution in [0.5, 0.6) is 0 Å². The van der Waals surface area contributed by atoms with Crippen LogP contribution < -0.4 is 5.73 Å². The summed E-state index contributed by atoms with van der Waals surface area (Å²) in [5.41, 5.74) is 6.74. The molecule has 2 heterocycles. The Labute approximate surface area is 90.0 Å². The van der Waals surface area contributed by atoms with Crippen LogP contribution in [0.1, 0.15) is 12.0 Å². The quantitative estimate of drug-likeness (QED) is 0.799. The topological polar surface area (TPSA) is 51.4 Å². The molecule has 1 aliphatic rings. The van der Waals surface area contributed by atoms with Gasteiger partial charge in [-0.2, -0.15) is 0 Å². The molecule has 1 unspecified atom stereocenters. The van der Waals surface area contributed by atoms with Crippen LogP contribution in [0.3, 0.4) is 0 Å². The van der Waals surface area contributed by atoms with Gasteiger partial charge in [-0.05, 0) is 18.1 Å². The van der Waals surface area contributed by atoms with Crippen molar-refractivity contribution in [1.29, 1.82) is 0 Å². The molecule has 1 saturated heterocycles. The summed E-state index contributed by atoms with van der Waals surface area (Å²) in [6, 6.07) is 3.88. The molecule has 0 bridgehead atoms. The van der Waals surface area contributed by atoms with Gasteiger partial charge in [0.15, 0.2) is 0 Å². The van der Waals surface area contributed by atoms with Gasteiger partial charge in [0.1, 0.15) is 5.82 Å². The number of ether oxygens (including phenoxy) is 1. The summed E-state index contributed by atoms with van der Waals surface area (Å²) in [6.07, 6.45) is 3.36. The Morgan fingerprint density at radius 2 is 2.47 bits per heavy atom. The molecule has 2 N–H and O–H groups in total. The van der Waals surface area contributed by atoms with Gasteiger partial charge in [-0.3, -0.25) is 4.90 Å². The van der Waals surface area contributed by atoms with E-state index < -0.39 is 0 Å². The van der Waals surface area contributed by atoms with Crippen molar-refractivity contribution in [2.45, 2.75) is 19.1 Å². The van der Waals surface area contributed by atoms with E-state index in [0.29, 0.717) is 11.9 Å². The first kappa shape index (κ1) is 10.4. The average Bonchev–Trinajstić information content (AvgIpc) is 2.69. The number of nitrogens with zero attached hydrogens (tertiary/aromatic N) is 2. The largest absolute Gasteiger partial charge is 0.384 e. The Bertz CT molecular complexity index is 312. The van der Waals surface area contributed by atoms with Crippen molar-refractivity contribution < 1.29 is 4.74 Å². The standard InChI is InChI=1S/C11H17N3O/c1-15-10-4-5-14(8-10)7-9-2-3-11(12)13-6-9/h2-3,6,10H,4-5,7-8H2,1H3,(H2,12,13). The van der Waals surface area contributed by atoms with E-state index in [1.54, 1.807) is 7.11 Å². The highest BCUT2D eigenvalue weighted by Gasteiger charge is 2.21. The Kier molecular flexibility index (Phi) is 3.18. The summed E-state index contributed by atoms with van der Waals surface area (Å²) in [6.45, 7) is 3.05. The van der Waals surface area contributed by atoms with Gasteiger partial charge in [0.05, 0.1) is 6.10 Å². The van der Waals surface area contributed by atoms with Crippen molar-refractivity contribution in [1.82, 2.24) is 9.88 Å². The lowest BCUT2D eigenvalue weighted by molar-refractivity contribution is 0.107. The summed E-state index contributed by atoms with van der Waals surface area (Å²) in [5.74, 6) is 0.579. The molecule has 15 heavy (non-hydrogen) atoms. The molecule has 1 aliphatic heterocycles. The molecule has 1 aromatic heterocycles. The zero-order valence-corrected chi connectivity index (χ0v) is 9.02. The molecule has 4 nitrogen and oxygen atoms in total. The fourth-order valence-corrected chi connectivity index (χ4v) is 1.92. The van der Waals surface area contributed by atoms with Crippen molar-refractivity contribution in [2.24, 2.45) is 0 Å². The third-order valence-electron chi connectivity index (χ3n) is 2.82. The molecule has 0 amide bonds. The second-order valence-corrected chi connectivity index (χ2v) is 3.97. The smallest absolute Gasteiger partial charge is 0.123 e. The molecule has 4 heteroatoms. The summed E-state index contributed by atoms with van der Waals surface area (Å²) in [5, 5.41) is 0. The van der Waals surface area contributed by atoms with E-state index in [4.69, 9.17) is 10.5 Å². The van der Waals surface area contributed by atoms with Gasteiger partial charge < -0.3 is 10.5 Å². The first-order chi connectivity index (χ1) is 7.28. The molecule has 2 rings (SSSR count). The van der Waals surface area contributed by atoms with Crippen LogP contribution in [0.25, 0.3) is 0 Å². The van der Waals surface area contributed by atoms with Gasteiger partial charge in [0.25, 0.3) is 0 Å². The number of aromatic nitrogens is 1. The van der Waals surface area contributed by atoms with Gasteiger partial charge in [0, 0.05) is 32.9 Å². The molecular formula is C11H17N3O. The van der Waals surface area contributed by atoms with Gasteiger partial charge >= 0.3 is 0 Å². The number of nitrogen functional groups attached to an aromatic ring is 1. The van der Waals surface area contributed by atoms with Crippen LogP contribution >= 0.6 is 0 Å². The van der Waals surface area contributed by atoms with Crippen molar-refractivity contribution in [3.8, 4) is 0 Å². The maximum atomic E-state index is 5.53. The minimum absolute atomic E-state index is 0.395. The lowest BCUT2D eigenvalue weighted by Gasteiger charge is -2.15. The molecule has 0 radical (unpaired) electrons. The fraction of sp³-hybridized carbons (Fsp3) is 0.545. The normalized spacial score (nSPS) is 22.1. The fourth-order valence-electron chi connectivity index (χ4n) is 1.92. The summed E-state index contributed by atoms with van der Waals surface area (Å²) in [4.78, 5) is 6.46. The Balaban J connectivity index is 1.90. The lowest BCUT2D eigenvalue weighted by Crippen LogP contribution is -2.22. The highest BCUT2D eigenvalue weighted by Crippen LogP contribution is 2.15. The first-order valence-electron chi connectivity index (χ1n) is 5.23. The van der Waals surface area contributed by atoms with Gasteiger partial charge in [-0.15, -0.1) is 0 Å². The van der Waals surface area contributed by atoms with Crippen LogP contribution in [-0.4, -0.2) is 36.2 Å². The second kappa shape index (κ2) is 4.59. The van der Waals surface area contributed by atoms with E-state index in [0.717, 1.165) is 26.1 Å². The highest BCUT2D eigenvalue weighted by atomic mass is 16.5. The Morgan fingerprint density at radius 1 is 1.60 bits per heavy atom. The molecule has 1 aromatic rings. The molecule has 0 aromatic carbocycles. The van der Waals surface area contributed by atoms with Crippen LogP contribution in [0.15, 0.2) is 18.3 Å². The number of rotatable bonds is 3. The minimum atomic E-state index is 0.395. The predicted octanol–water partition coefficient (Wildman–Crippen LogP) is 0.884. The number of pyridine rings is 1. The number of methoxy groups -OCH3 is 1. The van der Waals surface area contributed by atoms with Crippen molar-refractivity contribution in [3.05, 3.63) is 23.9 Å². The minimum Gasteiger partial charge on any atom is -0.384 e. The van der Waals surface area contributed by atoms with Crippen molar-refractivity contribution in [3.63, 3.8) is 0 Å². The molecule has 0 saturated carbocycles. The van der Waals surface area contributed by atoms with Gasteiger partial charge in [-0.25, -0.2) is 4.98 Å². The van der Waals surface area contributed by atoms with Crippen molar-refractivity contribution in [2.75, 3.05) is 25.9 Å². The predicted molar refractivity (Wildman–Crippen MR) is 59.3 cm³/mol. The number of anilines is 1. The van der Waals surface area contributed by atoms with Gasteiger partial charge in [0.2, 0.25) is 0 Å². The van der Waals surface area contributed by atoms with E-state index in [2.05, 4.69) is 9.88 Å². The van der Waals surface area contributed by atoms with Crippen LogP contribution in [-0.2, 0) is 11.3 Å². The Hall–Kier alpha value is -1.13. The van der Waals surface area contributed by atoms with E-state index in [-0.39, 0.29) is 0 Å². The van der Waals surface area contributed by atoms with E-state index in [1.807, 2.05) is 18.3 Å². The molecular weight excluding hydrogens is 190 g/mol. The van der Waals surface area contributed by atoms with E-state index >= 15 is 0 Å². The van der Waals surface area contributed by atoms with Gasteiger partial charge in [-0.1, -0.05) is 6.07 Å². The zero-order chi connectivity index (χ0) is 10.7. The van der Waals surface area contributed by atoms with Crippen molar-refractivity contribution >= 4 is 5.82 Å². The zero-order valence-electron chi connectivity index (χ0n) is 9.02. The summed E-state index contributed by atoms with van der Waals surface area (Å²) in [7, 11) is 1.78. The van der Waals surface area contributed by atoms with Crippen LogP contribution in [0.2, 0.25) is 0 Å². The lowest BCUT2D eigenvalue weighted by atomic mass is 10.2. The third kappa shape index (κ3) is 2.67. The molecule has 1 fully saturated rings. The SMILES string of the molecule is COC1CCN(Cc2ccc(N)nc2)C1. The molecule has 0 aliphatic carbocycles. The van der Waals surface area contributed by atoms with E-state index in [1.165, 1.54) is 5.56 Å². The summed E-state index contributed by atoms with van der Waals surface area (Å²) >= 11 is 0. The van der Waals surface area contributed by atoms with E-state index in [9.17, 15) is 0 Å². The monoisotopic (exact) mass is 207 g/mol. The Morgan fingerprint density at radius 3 is 3.07 bits per heavy atom. The maximum absolute atomic E-state index is 5.53. The maximum Gasteiger partial charge on any atom is 0.123 e. The third-order valence-corrected chi connectivity index (χ3v) is 2.82. The number of hydrogen-bond donors (Lipinski definition) is 1.